The molecule has 202 valence electrons. The van der Waals surface area contributed by atoms with Gasteiger partial charge in [-0.2, -0.15) is 13.2 Å². The first-order valence-electron chi connectivity index (χ1n) is 11.1. The van der Waals surface area contributed by atoms with Crippen molar-refractivity contribution in [1.82, 2.24) is 0 Å². The highest BCUT2D eigenvalue weighted by molar-refractivity contribution is 7.92. The zero-order chi connectivity index (χ0) is 27.7. The molecule has 0 saturated heterocycles. The molecule has 13 heteroatoms. The van der Waals surface area contributed by atoms with Gasteiger partial charge in [-0.25, -0.2) is 12.8 Å². The Morgan fingerprint density at radius 3 is 2.55 bits per heavy atom. The van der Waals surface area contributed by atoms with Crippen LogP contribution in [-0.4, -0.2) is 32.1 Å². The van der Waals surface area contributed by atoms with Crippen molar-refractivity contribution in [2.75, 3.05) is 10.8 Å². The topological polar surface area (TPSA) is 93.1 Å². The quantitative estimate of drug-likeness (QED) is 0.337. The summed E-state index contributed by atoms with van der Waals surface area (Å²) in [6, 6.07) is 11.5. The molecule has 38 heavy (non-hydrogen) atoms. The summed E-state index contributed by atoms with van der Waals surface area (Å²) in [7, 11) is -4.56. The summed E-state index contributed by atoms with van der Waals surface area (Å²) in [6.45, 7) is -0.645. The normalized spacial score (nSPS) is 15.5. The van der Waals surface area contributed by atoms with E-state index in [4.69, 9.17) is 26.2 Å². The van der Waals surface area contributed by atoms with Crippen molar-refractivity contribution in [3.8, 4) is 11.5 Å². The summed E-state index contributed by atoms with van der Waals surface area (Å²) in [5, 5.41) is 9.16. The molecule has 0 unspecified atom stereocenters. The monoisotopic (exact) mass is 573 g/mol. The van der Waals surface area contributed by atoms with Crippen molar-refractivity contribution in [3.05, 3.63) is 82.6 Å². The second-order valence-corrected chi connectivity index (χ2v) is 10.6. The third-order valence-corrected chi connectivity index (χ3v) is 7.87. The van der Waals surface area contributed by atoms with Crippen LogP contribution in [0.5, 0.6) is 11.5 Å². The van der Waals surface area contributed by atoms with Crippen LogP contribution in [0.4, 0.5) is 23.2 Å². The smallest absolute Gasteiger partial charge is 0.416 e. The van der Waals surface area contributed by atoms with Gasteiger partial charge in [0, 0.05) is 18.1 Å². The van der Waals surface area contributed by atoms with Crippen LogP contribution in [0.2, 0.25) is 5.02 Å². The molecule has 0 saturated carbocycles. The van der Waals surface area contributed by atoms with Crippen LogP contribution in [0, 0.1) is 5.82 Å². The predicted molar refractivity (Wildman–Crippen MR) is 129 cm³/mol. The Morgan fingerprint density at radius 2 is 1.87 bits per heavy atom. The number of hydrogen-bond donors (Lipinski definition) is 1. The van der Waals surface area contributed by atoms with Gasteiger partial charge in [0.05, 0.1) is 27.7 Å². The van der Waals surface area contributed by atoms with Crippen molar-refractivity contribution in [3.63, 3.8) is 0 Å². The zero-order valence-electron chi connectivity index (χ0n) is 19.4. The first kappa shape index (κ1) is 27.5. The summed E-state index contributed by atoms with van der Waals surface area (Å²) in [6.07, 6.45) is -6.02. The molecule has 1 aliphatic heterocycles. The van der Waals surface area contributed by atoms with Gasteiger partial charge in [-0.3, -0.25) is 9.10 Å². The fourth-order valence-corrected chi connectivity index (χ4v) is 5.59. The van der Waals surface area contributed by atoms with Crippen molar-refractivity contribution in [2.45, 2.75) is 36.6 Å². The Hall–Kier alpha value is -3.51. The first-order valence-corrected chi connectivity index (χ1v) is 13.0. The zero-order valence-corrected chi connectivity index (χ0v) is 21.0. The molecule has 7 nitrogen and oxygen atoms in total. The highest BCUT2D eigenvalue weighted by Crippen LogP contribution is 2.41. The third kappa shape index (κ3) is 5.97. The lowest BCUT2D eigenvalue weighted by Gasteiger charge is -2.35. The van der Waals surface area contributed by atoms with Crippen LogP contribution in [0.15, 0.2) is 65.6 Å². The molecule has 3 aromatic carbocycles. The number of anilines is 1. The molecule has 0 fully saturated rings. The molecule has 0 aromatic heterocycles. The fourth-order valence-electron chi connectivity index (χ4n) is 3.83. The van der Waals surface area contributed by atoms with Crippen molar-refractivity contribution in [2.24, 2.45) is 0 Å². The molecule has 0 radical (unpaired) electrons. The maximum atomic E-state index is 14.1. The maximum absolute atomic E-state index is 14.1. The van der Waals surface area contributed by atoms with Gasteiger partial charge in [0.2, 0.25) is 0 Å². The molecule has 3 aromatic rings. The molecule has 1 atom stereocenters. The minimum Gasteiger partial charge on any atom is -0.489 e. The molecule has 0 aliphatic carbocycles. The molecule has 1 aliphatic rings. The number of rotatable bonds is 8. The average Bonchev–Trinajstić information content (AvgIpc) is 2.86. The Morgan fingerprint density at radius 1 is 1.13 bits per heavy atom. The number of ether oxygens (including phenoxy) is 2. The number of hydrogen-bond acceptors (Lipinski definition) is 5. The molecule has 0 bridgehead atoms. The highest BCUT2D eigenvalue weighted by Gasteiger charge is 2.37. The van der Waals surface area contributed by atoms with E-state index >= 15 is 0 Å². The molecule has 1 heterocycles. The van der Waals surface area contributed by atoms with E-state index in [1.54, 1.807) is 0 Å². The van der Waals surface area contributed by atoms with Crippen LogP contribution in [-0.2, 0) is 27.6 Å². The summed E-state index contributed by atoms with van der Waals surface area (Å²) in [4.78, 5) is 10.4. The van der Waals surface area contributed by atoms with Gasteiger partial charge in [-0.05, 0) is 48.9 Å². The number of halogens is 5. The number of sulfonamides is 1. The number of fused-ring (bicyclic) bond motifs is 1. The SMILES string of the molecule is O=C(O)CC[C@H]1CN(S(=O)(=O)c2cccc(C(F)(F)F)c2)c2cc(OCc3c(F)cccc3Cl)ccc2O1. The van der Waals surface area contributed by atoms with Crippen LogP contribution in [0.25, 0.3) is 0 Å². The molecule has 0 spiro atoms. The molecule has 1 N–H and O–H groups in total. The Balaban J connectivity index is 1.71. The lowest BCUT2D eigenvalue weighted by molar-refractivity contribution is -0.138. The Bertz CT molecular complexity index is 1440. The molecule has 0 amide bonds. The number of benzene rings is 3. The van der Waals surface area contributed by atoms with E-state index in [0.29, 0.717) is 6.07 Å². The second kappa shape index (κ2) is 10.7. The first-order chi connectivity index (χ1) is 17.9. The van der Waals surface area contributed by atoms with Crippen LogP contribution in [0.1, 0.15) is 24.0 Å². The molecular weight excluding hydrogens is 554 g/mol. The van der Waals surface area contributed by atoms with Gasteiger partial charge in [-0.1, -0.05) is 23.7 Å². The van der Waals surface area contributed by atoms with Crippen LogP contribution in [0.3, 0.4) is 0 Å². The summed E-state index contributed by atoms with van der Waals surface area (Å²) >= 11 is 6.03. The number of carboxylic acid groups (broad SMARTS) is 1. The van der Waals surface area contributed by atoms with Gasteiger partial charge < -0.3 is 14.6 Å². The van der Waals surface area contributed by atoms with E-state index in [1.165, 1.54) is 36.4 Å². The summed E-state index contributed by atoms with van der Waals surface area (Å²) in [5.74, 6) is -1.56. The maximum Gasteiger partial charge on any atom is 0.416 e. The van der Waals surface area contributed by atoms with E-state index in [1.807, 2.05) is 0 Å². The van der Waals surface area contributed by atoms with Gasteiger partial charge in [0.1, 0.15) is 30.0 Å². The minimum atomic E-state index is -4.77. The van der Waals surface area contributed by atoms with Gasteiger partial charge in [0.25, 0.3) is 10.0 Å². The van der Waals surface area contributed by atoms with E-state index in [0.717, 1.165) is 22.5 Å². The Labute approximate surface area is 220 Å². The number of aliphatic carboxylic acids is 1. The highest BCUT2D eigenvalue weighted by atomic mass is 35.5. The minimum absolute atomic E-state index is 0.0360. The standard InChI is InChI=1S/C25H20ClF4NO6S/c26-20-5-2-6-21(27)19(20)14-36-16-7-9-23-22(12-16)31(13-17(37-23)8-10-24(32)33)38(34,35)18-4-1-3-15(11-18)25(28,29)30/h1-7,9,11-12,17H,8,10,13-14H2,(H,32,33)/t17-/m0/s1. The lowest BCUT2D eigenvalue weighted by atomic mass is 10.1. The van der Waals surface area contributed by atoms with Crippen LogP contribution >= 0.6 is 11.6 Å². The number of alkyl halides is 3. The second-order valence-electron chi connectivity index (χ2n) is 8.35. The van der Waals surface area contributed by atoms with Crippen molar-refractivity contribution >= 4 is 33.3 Å². The fraction of sp³-hybridized carbons (Fsp3) is 0.240. The summed E-state index contributed by atoms with van der Waals surface area (Å²) in [5.41, 5.74) is -1.11. The number of carboxylic acids is 1. The van der Waals surface area contributed by atoms with E-state index in [2.05, 4.69) is 0 Å². The summed E-state index contributed by atoms with van der Waals surface area (Å²) < 4.78 is 93.4. The van der Waals surface area contributed by atoms with E-state index < -0.39 is 44.5 Å². The van der Waals surface area contributed by atoms with Gasteiger partial charge in [-0.15, -0.1) is 0 Å². The van der Waals surface area contributed by atoms with E-state index in [9.17, 15) is 30.8 Å². The van der Waals surface area contributed by atoms with Crippen molar-refractivity contribution in [1.29, 1.82) is 0 Å². The van der Waals surface area contributed by atoms with E-state index in [-0.39, 0.29) is 53.8 Å². The number of nitrogens with zero attached hydrogens (tertiary/aromatic N) is 1. The van der Waals surface area contributed by atoms with Crippen molar-refractivity contribution < 1.29 is 45.4 Å². The Kier molecular flexibility index (Phi) is 7.75. The average molecular weight is 574 g/mol. The molecule has 4 rings (SSSR count). The number of carbonyl (C=O) groups is 1. The predicted octanol–water partition coefficient (Wildman–Crippen LogP) is 5.90. The van der Waals surface area contributed by atoms with Crippen LogP contribution < -0.4 is 13.8 Å². The molecular formula is C25H20ClF4NO6S. The van der Waals surface area contributed by atoms with Gasteiger partial charge >= 0.3 is 12.1 Å². The van der Waals surface area contributed by atoms with Gasteiger partial charge in [0.15, 0.2) is 0 Å². The largest absolute Gasteiger partial charge is 0.489 e. The third-order valence-electron chi connectivity index (χ3n) is 5.74. The lowest BCUT2D eigenvalue weighted by Crippen LogP contribution is -2.43.